The van der Waals surface area contributed by atoms with Gasteiger partial charge in [-0.25, -0.2) is 16.8 Å². The molecule has 1 aliphatic heterocycles. The number of sulfonamides is 1. The largest absolute Gasteiger partial charge is 0.244 e. The number of benzene rings is 3. The zero-order chi connectivity index (χ0) is 21.4. The number of rotatable bonds is 5. The Morgan fingerprint density at radius 1 is 0.733 bits per heavy atom. The van der Waals surface area contributed by atoms with Crippen LogP contribution in [0.2, 0.25) is 0 Å². The summed E-state index contributed by atoms with van der Waals surface area (Å²) in [6.45, 7) is 1.66. The molecular formula is C23H21NO4S2. The van der Waals surface area contributed by atoms with Gasteiger partial charge in [0.05, 0.1) is 27.3 Å². The van der Waals surface area contributed by atoms with Crippen molar-refractivity contribution in [2.24, 2.45) is 0 Å². The average molecular weight is 440 g/mol. The highest BCUT2D eigenvalue weighted by Gasteiger charge is 2.40. The van der Waals surface area contributed by atoms with E-state index in [1.807, 2.05) is 25.1 Å². The fourth-order valence-electron chi connectivity index (χ4n) is 3.48. The first kappa shape index (κ1) is 20.5. The third-order valence-corrected chi connectivity index (χ3v) is 8.82. The Bertz CT molecular complexity index is 1280. The molecule has 4 rings (SSSR count). The van der Waals surface area contributed by atoms with E-state index in [2.05, 4.69) is 0 Å². The number of hydrogen-bond donors (Lipinski definition) is 0. The van der Waals surface area contributed by atoms with Gasteiger partial charge in [0, 0.05) is 0 Å². The molecule has 0 aromatic heterocycles. The average Bonchev–Trinajstić information content (AvgIpc) is 3.23. The van der Waals surface area contributed by atoms with Crippen LogP contribution in [0.5, 0.6) is 0 Å². The molecule has 0 N–H and O–H groups in total. The highest BCUT2D eigenvalue weighted by Crippen LogP contribution is 2.38. The van der Waals surface area contributed by atoms with Crippen molar-refractivity contribution >= 4 is 19.9 Å². The maximum atomic E-state index is 13.4. The second-order valence-corrected chi connectivity index (χ2v) is 11.1. The second-order valence-electron chi connectivity index (χ2n) is 7.17. The van der Waals surface area contributed by atoms with Gasteiger partial charge in [-0.3, -0.25) is 0 Å². The maximum absolute atomic E-state index is 13.4. The SMILES string of the molecule is Cc1ccc(S(=O)(=O)C2=C[C@@H](c3ccccc3)N(S(=O)(=O)c3ccccc3)C2)cc1. The van der Waals surface area contributed by atoms with Crippen LogP contribution in [-0.2, 0) is 19.9 Å². The molecule has 30 heavy (non-hydrogen) atoms. The van der Waals surface area contributed by atoms with Crippen LogP contribution in [-0.4, -0.2) is 27.7 Å². The normalized spacial score (nSPS) is 17.6. The first-order valence-corrected chi connectivity index (χ1v) is 12.4. The van der Waals surface area contributed by atoms with Crippen LogP contribution in [0.4, 0.5) is 0 Å². The molecule has 0 spiro atoms. The first-order chi connectivity index (χ1) is 14.3. The highest BCUT2D eigenvalue weighted by atomic mass is 32.2. The van der Waals surface area contributed by atoms with E-state index < -0.39 is 25.9 Å². The van der Waals surface area contributed by atoms with Crippen LogP contribution in [0.3, 0.4) is 0 Å². The van der Waals surface area contributed by atoms with E-state index in [0.717, 1.165) is 5.56 Å². The lowest BCUT2D eigenvalue weighted by Crippen LogP contribution is -2.32. The number of aryl methyl sites for hydroxylation is 1. The van der Waals surface area contributed by atoms with Crippen LogP contribution in [0.15, 0.2) is 106 Å². The van der Waals surface area contributed by atoms with Crippen LogP contribution < -0.4 is 0 Å². The molecule has 5 nitrogen and oxygen atoms in total. The molecule has 7 heteroatoms. The van der Waals surface area contributed by atoms with Gasteiger partial charge in [-0.05, 0) is 42.8 Å². The maximum Gasteiger partial charge on any atom is 0.244 e. The van der Waals surface area contributed by atoms with Crippen LogP contribution in [0, 0.1) is 6.92 Å². The van der Waals surface area contributed by atoms with Gasteiger partial charge in [-0.2, -0.15) is 4.31 Å². The van der Waals surface area contributed by atoms with E-state index in [1.54, 1.807) is 60.7 Å². The standard InChI is InChI=1S/C23H21NO4S2/c1-18-12-14-20(15-13-18)29(25,26)22-16-23(19-8-4-2-5-9-19)24(17-22)30(27,28)21-10-6-3-7-11-21/h2-16,23H,17H2,1H3/t23-/m0/s1. The van der Waals surface area contributed by atoms with Gasteiger partial charge in [0.1, 0.15) is 0 Å². The van der Waals surface area contributed by atoms with Gasteiger partial charge in [-0.15, -0.1) is 0 Å². The van der Waals surface area contributed by atoms with Crippen LogP contribution >= 0.6 is 0 Å². The summed E-state index contributed by atoms with van der Waals surface area (Å²) in [5.41, 5.74) is 1.66. The van der Waals surface area contributed by atoms with Crippen LogP contribution in [0.1, 0.15) is 17.2 Å². The lowest BCUT2D eigenvalue weighted by molar-refractivity contribution is 0.417. The lowest BCUT2D eigenvalue weighted by atomic mass is 10.1. The molecule has 154 valence electrons. The summed E-state index contributed by atoms with van der Waals surface area (Å²) in [7, 11) is -7.72. The fraction of sp³-hybridized carbons (Fsp3) is 0.130. The van der Waals surface area contributed by atoms with E-state index in [1.165, 1.54) is 16.4 Å². The van der Waals surface area contributed by atoms with Gasteiger partial charge < -0.3 is 0 Å². The van der Waals surface area contributed by atoms with Crippen molar-refractivity contribution in [3.63, 3.8) is 0 Å². The van der Waals surface area contributed by atoms with Crippen molar-refractivity contribution in [3.8, 4) is 0 Å². The highest BCUT2D eigenvalue weighted by molar-refractivity contribution is 7.95. The molecule has 0 unspecified atom stereocenters. The van der Waals surface area contributed by atoms with Crippen molar-refractivity contribution in [2.75, 3.05) is 6.54 Å². The molecule has 3 aromatic carbocycles. The van der Waals surface area contributed by atoms with Crippen molar-refractivity contribution in [3.05, 3.63) is 107 Å². The molecule has 0 bridgehead atoms. The Labute approximate surface area is 177 Å². The zero-order valence-electron chi connectivity index (χ0n) is 16.3. The van der Waals surface area contributed by atoms with Gasteiger partial charge in [0.25, 0.3) is 0 Å². The Kier molecular flexibility index (Phi) is 5.36. The lowest BCUT2D eigenvalue weighted by Gasteiger charge is -2.24. The van der Waals surface area contributed by atoms with E-state index in [9.17, 15) is 16.8 Å². The van der Waals surface area contributed by atoms with Crippen molar-refractivity contribution < 1.29 is 16.8 Å². The minimum atomic E-state index is -3.90. The van der Waals surface area contributed by atoms with Gasteiger partial charge in [0.2, 0.25) is 19.9 Å². The minimum Gasteiger partial charge on any atom is -0.219 e. The topological polar surface area (TPSA) is 71.5 Å². The number of hydrogen-bond acceptors (Lipinski definition) is 4. The molecule has 3 aromatic rings. The summed E-state index contributed by atoms with van der Waals surface area (Å²) in [6.07, 6.45) is 1.55. The van der Waals surface area contributed by atoms with Gasteiger partial charge >= 0.3 is 0 Å². The van der Waals surface area contributed by atoms with E-state index in [-0.39, 0.29) is 21.2 Å². The summed E-state index contributed by atoms with van der Waals surface area (Å²) in [5, 5.41) is 0. The third-order valence-electron chi connectivity index (χ3n) is 5.13. The Morgan fingerprint density at radius 2 is 1.30 bits per heavy atom. The van der Waals surface area contributed by atoms with E-state index in [4.69, 9.17) is 0 Å². The first-order valence-electron chi connectivity index (χ1n) is 9.44. The zero-order valence-corrected chi connectivity index (χ0v) is 18.0. The number of nitrogens with zero attached hydrogens (tertiary/aromatic N) is 1. The molecule has 0 saturated carbocycles. The summed E-state index contributed by atoms with van der Waals surface area (Å²) in [4.78, 5) is 0.373. The predicted octanol–water partition coefficient (Wildman–Crippen LogP) is 4.10. The van der Waals surface area contributed by atoms with Gasteiger partial charge in [-0.1, -0.05) is 66.2 Å². The smallest absolute Gasteiger partial charge is 0.219 e. The molecule has 1 atom stereocenters. The Balaban J connectivity index is 1.80. The van der Waals surface area contributed by atoms with E-state index in [0.29, 0.717) is 5.56 Å². The van der Waals surface area contributed by atoms with E-state index >= 15 is 0 Å². The second kappa shape index (κ2) is 7.83. The monoisotopic (exact) mass is 439 g/mol. The molecule has 1 heterocycles. The van der Waals surface area contributed by atoms with Crippen LogP contribution in [0.25, 0.3) is 0 Å². The molecule has 0 radical (unpaired) electrons. The Hall–Kier alpha value is -2.74. The Morgan fingerprint density at radius 3 is 1.90 bits per heavy atom. The molecule has 0 aliphatic carbocycles. The van der Waals surface area contributed by atoms with Crippen molar-refractivity contribution in [2.45, 2.75) is 22.8 Å². The molecular weight excluding hydrogens is 418 g/mol. The molecule has 0 saturated heterocycles. The summed E-state index contributed by atoms with van der Waals surface area (Å²) in [5.74, 6) is 0. The van der Waals surface area contributed by atoms with Crippen molar-refractivity contribution in [1.82, 2.24) is 4.31 Å². The number of sulfone groups is 1. The summed E-state index contributed by atoms with van der Waals surface area (Å²) >= 11 is 0. The predicted molar refractivity (Wildman–Crippen MR) is 116 cm³/mol. The van der Waals surface area contributed by atoms with Crippen molar-refractivity contribution in [1.29, 1.82) is 0 Å². The fourth-order valence-corrected chi connectivity index (χ4v) is 6.54. The summed E-state index contributed by atoms with van der Waals surface area (Å²) in [6, 6.07) is 23.0. The molecule has 0 amide bonds. The van der Waals surface area contributed by atoms with Gasteiger partial charge in [0.15, 0.2) is 0 Å². The summed E-state index contributed by atoms with van der Waals surface area (Å²) < 4.78 is 54.5. The quantitative estimate of drug-likeness (QED) is 0.600. The third kappa shape index (κ3) is 3.71. The molecule has 1 aliphatic rings. The minimum absolute atomic E-state index is 0.0831. The molecule has 0 fully saturated rings.